The number of allylic oxidation sites excluding steroid dienone is 1. The molecule has 1 N–H and O–H groups in total. The average Bonchev–Trinajstić information content (AvgIpc) is 3.53. The number of benzene rings is 1. The standard InChI is InChI=1S/C51H89NO6SSi3/c1-36(30-31-43(56-60(16,17)48(5,6)7)38(3)32-41-35-59-39(4)52-41)26-25-27-37(2)46(58-62(20,21)50(11,12)13)42(33-40-28-23-22-24-29-40)47(55)51(14,15)44(34-45(53)54)57-61(18,19)49(8,9)10/h22-24,28-30,32,35,37,42-44,46H,25-27,31,33-34H2,1-21H3,(H,53,54)/t37-,42-,43-,44-,46+/m0/s1. The molecular weight excluding hydrogens is 839 g/mol. The Bertz CT molecular complexity index is 1810. The Morgan fingerprint density at radius 1 is 0.806 bits per heavy atom. The van der Waals surface area contributed by atoms with Gasteiger partial charge in [0.1, 0.15) is 5.78 Å². The fourth-order valence-corrected chi connectivity index (χ4v) is 11.8. The van der Waals surface area contributed by atoms with Crippen molar-refractivity contribution in [3.63, 3.8) is 0 Å². The highest BCUT2D eigenvalue weighted by Crippen LogP contribution is 2.45. The van der Waals surface area contributed by atoms with E-state index in [1.54, 1.807) is 11.3 Å². The molecule has 0 amide bonds. The van der Waals surface area contributed by atoms with Gasteiger partial charge in [-0.05, 0) is 130 Å². The van der Waals surface area contributed by atoms with Crippen LogP contribution in [0.2, 0.25) is 54.4 Å². The van der Waals surface area contributed by atoms with Gasteiger partial charge >= 0.3 is 5.97 Å². The molecule has 352 valence electrons. The molecule has 62 heavy (non-hydrogen) atoms. The predicted molar refractivity (Wildman–Crippen MR) is 273 cm³/mol. The molecule has 11 heteroatoms. The number of carbonyl (C=O) groups is 2. The molecule has 0 spiro atoms. The van der Waals surface area contributed by atoms with Crippen molar-refractivity contribution >= 4 is 54.1 Å². The second-order valence-corrected chi connectivity index (χ2v) is 38.7. The largest absolute Gasteiger partial charge is 0.481 e. The van der Waals surface area contributed by atoms with Gasteiger partial charge in [-0.3, -0.25) is 9.59 Å². The van der Waals surface area contributed by atoms with Crippen LogP contribution < -0.4 is 0 Å². The Hall–Kier alpha value is -2.00. The summed E-state index contributed by atoms with van der Waals surface area (Å²) in [6.07, 6.45) is 7.21. The molecule has 1 aromatic heterocycles. The summed E-state index contributed by atoms with van der Waals surface area (Å²) in [6, 6.07) is 10.2. The van der Waals surface area contributed by atoms with Crippen LogP contribution in [0.5, 0.6) is 0 Å². The van der Waals surface area contributed by atoms with Crippen LogP contribution in [0.1, 0.15) is 145 Å². The summed E-state index contributed by atoms with van der Waals surface area (Å²) in [5.41, 5.74) is 3.50. The number of hydrogen-bond acceptors (Lipinski definition) is 7. The lowest BCUT2D eigenvalue weighted by atomic mass is 9.70. The zero-order chi connectivity index (χ0) is 47.9. The van der Waals surface area contributed by atoms with Gasteiger partial charge in [0.2, 0.25) is 0 Å². The van der Waals surface area contributed by atoms with Gasteiger partial charge in [0, 0.05) is 16.7 Å². The van der Waals surface area contributed by atoms with Crippen molar-refractivity contribution in [3.8, 4) is 0 Å². The van der Waals surface area contributed by atoms with Crippen molar-refractivity contribution in [1.82, 2.24) is 4.98 Å². The highest BCUT2D eigenvalue weighted by Gasteiger charge is 2.51. The fourth-order valence-electron chi connectivity index (χ4n) is 7.02. The van der Waals surface area contributed by atoms with Crippen LogP contribution in [-0.4, -0.2) is 65.1 Å². The predicted octanol–water partition coefficient (Wildman–Crippen LogP) is 15.1. The van der Waals surface area contributed by atoms with Gasteiger partial charge < -0.3 is 18.4 Å². The molecule has 2 aromatic rings. The first-order chi connectivity index (χ1) is 28.0. The zero-order valence-corrected chi connectivity index (χ0v) is 46.9. The van der Waals surface area contributed by atoms with Gasteiger partial charge in [-0.2, -0.15) is 0 Å². The summed E-state index contributed by atoms with van der Waals surface area (Å²) >= 11 is 1.67. The number of aromatic nitrogens is 1. The van der Waals surface area contributed by atoms with Crippen LogP contribution in [-0.2, 0) is 29.3 Å². The molecule has 1 heterocycles. The van der Waals surface area contributed by atoms with Crippen LogP contribution in [0.4, 0.5) is 0 Å². The van der Waals surface area contributed by atoms with Gasteiger partial charge in [-0.25, -0.2) is 4.98 Å². The fraction of sp³-hybridized carbons (Fsp3) is 0.706. The molecule has 0 saturated carbocycles. The van der Waals surface area contributed by atoms with Crippen molar-refractivity contribution in [2.24, 2.45) is 17.3 Å². The molecule has 0 saturated heterocycles. The molecule has 0 aliphatic rings. The molecule has 0 radical (unpaired) electrons. The van der Waals surface area contributed by atoms with Crippen molar-refractivity contribution in [2.45, 2.75) is 215 Å². The van der Waals surface area contributed by atoms with Crippen LogP contribution in [0.15, 0.2) is 52.9 Å². The lowest BCUT2D eigenvalue weighted by Crippen LogP contribution is -2.55. The van der Waals surface area contributed by atoms with Gasteiger partial charge in [0.15, 0.2) is 25.0 Å². The zero-order valence-electron chi connectivity index (χ0n) is 43.1. The highest BCUT2D eigenvalue weighted by atomic mass is 32.1. The topological polar surface area (TPSA) is 95.0 Å². The number of nitrogens with zero attached hydrogens (tertiary/aromatic N) is 1. The van der Waals surface area contributed by atoms with Crippen molar-refractivity contribution in [3.05, 3.63) is 69.2 Å². The lowest BCUT2D eigenvalue weighted by Gasteiger charge is -2.47. The van der Waals surface area contributed by atoms with E-state index in [9.17, 15) is 9.90 Å². The summed E-state index contributed by atoms with van der Waals surface area (Å²) in [5, 5.41) is 13.2. The molecule has 0 aliphatic carbocycles. The quantitative estimate of drug-likeness (QED) is 0.0876. The van der Waals surface area contributed by atoms with Gasteiger partial charge in [0.05, 0.1) is 35.4 Å². The number of aryl methyl sites for hydroxylation is 1. The molecule has 0 aliphatic heterocycles. The van der Waals surface area contributed by atoms with Gasteiger partial charge in [-0.15, -0.1) is 11.3 Å². The SMILES string of the molecule is CC(=CC[C@H](O[Si](C)(C)C(C)(C)C)C(C)=Cc1csc(C)n1)CCC[C@H](C)[C@@H](O[Si](C)(C)C(C)(C)C)[C@H](Cc1ccccc1)C(=O)C(C)(C)[C@H](CC(=O)O)O[Si](C)(C)C(C)(C)C. The van der Waals surface area contributed by atoms with Crippen LogP contribution in [0, 0.1) is 24.2 Å². The van der Waals surface area contributed by atoms with E-state index in [4.69, 9.17) is 18.3 Å². The number of carboxylic acids is 1. The average molecular weight is 929 g/mol. The third kappa shape index (κ3) is 16.2. The Balaban J connectivity index is 2.56. The van der Waals surface area contributed by atoms with E-state index in [1.807, 2.05) is 39.0 Å². The summed E-state index contributed by atoms with van der Waals surface area (Å²) in [6.45, 7) is 46.1. The maximum absolute atomic E-state index is 15.5. The number of rotatable bonds is 23. The molecular formula is C51H89NO6SSi3. The monoisotopic (exact) mass is 928 g/mol. The molecule has 1 aromatic carbocycles. The first-order valence-corrected chi connectivity index (χ1v) is 32.7. The Labute approximate surface area is 386 Å². The molecule has 0 bridgehead atoms. The molecule has 5 atom stereocenters. The number of hydrogen-bond donors (Lipinski definition) is 1. The number of carboxylic acid groups (broad SMARTS) is 1. The molecule has 7 nitrogen and oxygen atoms in total. The first kappa shape index (κ1) is 56.1. The smallest absolute Gasteiger partial charge is 0.305 e. The summed E-state index contributed by atoms with van der Waals surface area (Å²) in [7, 11) is -6.91. The van der Waals surface area contributed by atoms with E-state index in [0.29, 0.717) is 6.42 Å². The maximum Gasteiger partial charge on any atom is 0.305 e. The van der Waals surface area contributed by atoms with Gasteiger partial charge in [0.25, 0.3) is 0 Å². The van der Waals surface area contributed by atoms with Crippen LogP contribution in [0.3, 0.4) is 0 Å². The minimum absolute atomic E-state index is 0.0157. The van der Waals surface area contributed by atoms with E-state index >= 15 is 4.79 Å². The highest BCUT2D eigenvalue weighted by molar-refractivity contribution is 7.09. The third-order valence-corrected chi connectivity index (χ3v) is 28.8. The van der Waals surface area contributed by atoms with E-state index < -0.39 is 48.4 Å². The molecule has 2 rings (SSSR count). The Kier molecular flexibility index (Phi) is 19.9. The number of carbonyl (C=O) groups excluding carboxylic acids is 1. The second kappa shape index (κ2) is 22.0. The molecule has 0 fully saturated rings. The van der Waals surface area contributed by atoms with E-state index in [0.717, 1.165) is 41.9 Å². The first-order valence-electron chi connectivity index (χ1n) is 23.1. The lowest BCUT2D eigenvalue weighted by molar-refractivity contribution is -0.146. The number of ketones is 1. The summed E-state index contributed by atoms with van der Waals surface area (Å²) < 4.78 is 21.4. The normalized spacial score (nSPS) is 16.8. The van der Waals surface area contributed by atoms with Crippen molar-refractivity contribution in [2.75, 3.05) is 0 Å². The Morgan fingerprint density at radius 3 is 1.81 bits per heavy atom. The second-order valence-electron chi connectivity index (χ2n) is 23.4. The minimum Gasteiger partial charge on any atom is -0.481 e. The minimum atomic E-state index is -2.45. The van der Waals surface area contributed by atoms with E-state index in [-0.39, 0.29) is 45.4 Å². The van der Waals surface area contributed by atoms with Crippen LogP contribution >= 0.6 is 11.3 Å². The van der Waals surface area contributed by atoms with Crippen molar-refractivity contribution in [1.29, 1.82) is 0 Å². The van der Waals surface area contributed by atoms with Gasteiger partial charge in [-0.1, -0.05) is 125 Å². The third-order valence-electron chi connectivity index (χ3n) is 14.5. The van der Waals surface area contributed by atoms with E-state index in [2.05, 4.69) is 152 Å². The Morgan fingerprint density at radius 2 is 1.32 bits per heavy atom. The number of aliphatic carboxylic acids is 1. The molecule has 0 unspecified atom stereocenters. The summed E-state index contributed by atoms with van der Waals surface area (Å²) in [4.78, 5) is 32.7. The number of thiazole rings is 1. The van der Waals surface area contributed by atoms with E-state index in [1.165, 1.54) is 11.1 Å². The summed E-state index contributed by atoms with van der Waals surface area (Å²) in [5.74, 6) is -1.39. The maximum atomic E-state index is 15.5. The van der Waals surface area contributed by atoms with Crippen LogP contribution in [0.25, 0.3) is 6.08 Å². The van der Waals surface area contributed by atoms with Crippen molar-refractivity contribution < 1.29 is 28.0 Å². The number of Topliss-reactive ketones (excluding diaryl/α,β-unsaturated/α-hetero) is 1.